The topological polar surface area (TPSA) is 20.2 Å². The standard InChI is InChI=1S/C11H18O/c12-7-11-3-1-2-9-4-8(6-11)5-10(9)11/h8-10,12H,1-7H2/t8-,9+,10-,11-/m1/s1. The summed E-state index contributed by atoms with van der Waals surface area (Å²) in [4.78, 5) is 0. The van der Waals surface area contributed by atoms with E-state index in [1.165, 1.54) is 38.5 Å². The maximum Gasteiger partial charge on any atom is 0.0490 e. The molecular weight excluding hydrogens is 148 g/mol. The minimum atomic E-state index is 0.409. The lowest BCUT2D eigenvalue weighted by molar-refractivity contribution is -0.00314. The molecular formula is C11H18O. The van der Waals surface area contributed by atoms with Gasteiger partial charge < -0.3 is 5.11 Å². The Bertz CT molecular complexity index is 201. The Morgan fingerprint density at radius 2 is 2.25 bits per heavy atom. The third-order valence-electron chi connectivity index (χ3n) is 4.84. The first-order chi connectivity index (χ1) is 5.84. The minimum Gasteiger partial charge on any atom is -0.396 e. The molecule has 0 spiro atoms. The van der Waals surface area contributed by atoms with Gasteiger partial charge in [-0.2, -0.15) is 0 Å². The molecule has 0 heterocycles. The highest BCUT2D eigenvalue weighted by Gasteiger charge is 2.56. The first kappa shape index (κ1) is 7.37. The van der Waals surface area contributed by atoms with Crippen molar-refractivity contribution in [2.24, 2.45) is 23.2 Å². The van der Waals surface area contributed by atoms with Gasteiger partial charge in [0.2, 0.25) is 0 Å². The van der Waals surface area contributed by atoms with Crippen molar-refractivity contribution in [3.63, 3.8) is 0 Å². The number of rotatable bonds is 1. The average molecular weight is 166 g/mol. The normalized spacial score (nSPS) is 56.2. The van der Waals surface area contributed by atoms with E-state index in [2.05, 4.69) is 0 Å². The fourth-order valence-corrected chi connectivity index (χ4v) is 4.47. The Morgan fingerprint density at radius 1 is 1.33 bits per heavy atom. The molecule has 1 N–H and O–H groups in total. The predicted octanol–water partition coefficient (Wildman–Crippen LogP) is 2.20. The Hall–Kier alpha value is -0.0400. The maximum absolute atomic E-state index is 9.49. The van der Waals surface area contributed by atoms with Crippen LogP contribution in [0, 0.1) is 23.2 Å². The van der Waals surface area contributed by atoms with Crippen molar-refractivity contribution in [3.05, 3.63) is 0 Å². The van der Waals surface area contributed by atoms with E-state index in [4.69, 9.17) is 0 Å². The second kappa shape index (κ2) is 2.25. The summed E-state index contributed by atoms with van der Waals surface area (Å²) < 4.78 is 0. The lowest BCUT2D eigenvalue weighted by Gasteiger charge is -2.44. The van der Waals surface area contributed by atoms with Gasteiger partial charge in [-0.05, 0) is 48.9 Å². The fraction of sp³-hybridized carbons (Fsp3) is 1.00. The van der Waals surface area contributed by atoms with Crippen LogP contribution >= 0.6 is 0 Å². The molecule has 3 saturated carbocycles. The average Bonchev–Trinajstić information content (AvgIpc) is 2.59. The number of aliphatic hydroxyl groups is 1. The van der Waals surface area contributed by atoms with E-state index in [9.17, 15) is 5.11 Å². The van der Waals surface area contributed by atoms with Crippen molar-refractivity contribution in [1.82, 2.24) is 0 Å². The third kappa shape index (κ3) is 0.736. The second-order valence-electron chi connectivity index (χ2n) is 5.32. The molecule has 0 unspecified atom stereocenters. The van der Waals surface area contributed by atoms with Crippen molar-refractivity contribution in [2.75, 3.05) is 6.61 Å². The van der Waals surface area contributed by atoms with Crippen molar-refractivity contribution < 1.29 is 5.11 Å². The molecule has 0 aromatic carbocycles. The molecule has 12 heavy (non-hydrogen) atoms. The molecule has 3 rings (SSSR count). The van der Waals surface area contributed by atoms with E-state index < -0.39 is 0 Å². The molecule has 0 radical (unpaired) electrons. The molecule has 3 aliphatic carbocycles. The highest BCUT2D eigenvalue weighted by molar-refractivity contribution is 5.06. The largest absolute Gasteiger partial charge is 0.396 e. The zero-order chi connectivity index (χ0) is 8.18. The molecule has 0 aromatic heterocycles. The number of aliphatic hydroxyl groups excluding tert-OH is 1. The molecule has 1 nitrogen and oxygen atoms in total. The van der Waals surface area contributed by atoms with Crippen LogP contribution in [0.4, 0.5) is 0 Å². The summed E-state index contributed by atoms with van der Waals surface area (Å²) in [7, 11) is 0. The SMILES string of the molecule is OC[C@]12CCC[C@H]3C[C@H](C[C@H]31)C2. The van der Waals surface area contributed by atoms with Crippen LogP contribution < -0.4 is 0 Å². The lowest BCUT2D eigenvalue weighted by atomic mass is 9.61. The van der Waals surface area contributed by atoms with Crippen LogP contribution in [0.1, 0.15) is 38.5 Å². The van der Waals surface area contributed by atoms with Gasteiger partial charge in [0.15, 0.2) is 0 Å². The van der Waals surface area contributed by atoms with Gasteiger partial charge in [-0.1, -0.05) is 12.8 Å². The molecule has 0 aliphatic heterocycles. The van der Waals surface area contributed by atoms with Gasteiger partial charge in [0, 0.05) is 6.61 Å². The van der Waals surface area contributed by atoms with Crippen LogP contribution in [-0.4, -0.2) is 11.7 Å². The fourth-order valence-electron chi connectivity index (χ4n) is 4.47. The quantitative estimate of drug-likeness (QED) is 0.633. The minimum absolute atomic E-state index is 0.409. The Morgan fingerprint density at radius 3 is 2.92 bits per heavy atom. The van der Waals surface area contributed by atoms with E-state index >= 15 is 0 Å². The molecule has 4 atom stereocenters. The van der Waals surface area contributed by atoms with Gasteiger partial charge in [0.1, 0.15) is 0 Å². The molecule has 1 heteroatoms. The van der Waals surface area contributed by atoms with Crippen molar-refractivity contribution in [3.8, 4) is 0 Å². The first-order valence-corrected chi connectivity index (χ1v) is 5.45. The summed E-state index contributed by atoms with van der Waals surface area (Å²) >= 11 is 0. The monoisotopic (exact) mass is 166 g/mol. The maximum atomic E-state index is 9.49. The zero-order valence-electron chi connectivity index (χ0n) is 7.63. The third-order valence-corrected chi connectivity index (χ3v) is 4.84. The Kier molecular flexibility index (Phi) is 1.39. The molecule has 0 amide bonds. The highest BCUT2D eigenvalue weighted by Crippen LogP contribution is 2.64. The van der Waals surface area contributed by atoms with Gasteiger partial charge in [-0.3, -0.25) is 0 Å². The Balaban J connectivity index is 1.94. The predicted molar refractivity (Wildman–Crippen MR) is 47.7 cm³/mol. The summed E-state index contributed by atoms with van der Waals surface area (Å²) in [6.45, 7) is 0.477. The van der Waals surface area contributed by atoms with Gasteiger partial charge in [0.05, 0.1) is 0 Å². The van der Waals surface area contributed by atoms with Crippen molar-refractivity contribution >= 4 is 0 Å². The van der Waals surface area contributed by atoms with Crippen LogP contribution in [0.2, 0.25) is 0 Å². The smallest absolute Gasteiger partial charge is 0.0490 e. The van der Waals surface area contributed by atoms with Gasteiger partial charge >= 0.3 is 0 Å². The van der Waals surface area contributed by atoms with Gasteiger partial charge in [-0.25, -0.2) is 0 Å². The van der Waals surface area contributed by atoms with E-state index in [0.29, 0.717) is 12.0 Å². The van der Waals surface area contributed by atoms with Crippen molar-refractivity contribution in [2.45, 2.75) is 38.5 Å². The number of hydrogen-bond donors (Lipinski definition) is 1. The number of hydrogen-bond acceptors (Lipinski definition) is 1. The molecule has 0 saturated heterocycles. The summed E-state index contributed by atoms with van der Waals surface area (Å²) in [5, 5.41) is 9.49. The van der Waals surface area contributed by atoms with Gasteiger partial charge in [0.25, 0.3) is 0 Å². The number of fused-ring (bicyclic) bond motifs is 1. The summed E-state index contributed by atoms with van der Waals surface area (Å²) in [6, 6.07) is 0. The highest BCUT2D eigenvalue weighted by atomic mass is 16.3. The van der Waals surface area contributed by atoms with Gasteiger partial charge in [-0.15, -0.1) is 0 Å². The van der Waals surface area contributed by atoms with Crippen LogP contribution in [0.3, 0.4) is 0 Å². The van der Waals surface area contributed by atoms with E-state index in [1.54, 1.807) is 0 Å². The summed E-state index contributed by atoms with van der Waals surface area (Å²) in [6.07, 6.45) is 8.46. The van der Waals surface area contributed by atoms with E-state index in [-0.39, 0.29) is 0 Å². The molecule has 3 fully saturated rings. The van der Waals surface area contributed by atoms with Crippen LogP contribution in [-0.2, 0) is 0 Å². The summed E-state index contributed by atoms with van der Waals surface area (Å²) in [5.41, 5.74) is 0.409. The van der Waals surface area contributed by atoms with E-state index in [1.807, 2.05) is 0 Å². The molecule has 2 bridgehead atoms. The molecule has 3 aliphatic rings. The first-order valence-electron chi connectivity index (χ1n) is 5.45. The van der Waals surface area contributed by atoms with Crippen LogP contribution in [0.5, 0.6) is 0 Å². The second-order valence-corrected chi connectivity index (χ2v) is 5.32. The lowest BCUT2D eigenvalue weighted by Crippen LogP contribution is -2.39. The van der Waals surface area contributed by atoms with E-state index in [0.717, 1.165) is 17.8 Å². The summed E-state index contributed by atoms with van der Waals surface area (Å²) in [5.74, 6) is 2.92. The Labute approximate surface area is 74.2 Å². The van der Waals surface area contributed by atoms with Crippen molar-refractivity contribution in [1.29, 1.82) is 0 Å². The van der Waals surface area contributed by atoms with Crippen LogP contribution in [0.15, 0.2) is 0 Å². The zero-order valence-corrected chi connectivity index (χ0v) is 7.63. The molecule has 0 aromatic rings. The van der Waals surface area contributed by atoms with Crippen LogP contribution in [0.25, 0.3) is 0 Å². The molecule has 68 valence electrons.